The first kappa shape index (κ1) is 27.7. The molecule has 1 atom stereocenters. The molecule has 11 heteroatoms. The van der Waals surface area contributed by atoms with Crippen molar-refractivity contribution >= 4 is 27.5 Å². The molecule has 206 valence electrons. The lowest BCUT2D eigenvalue weighted by Gasteiger charge is -2.33. The Morgan fingerprint density at radius 2 is 1.71 bits per heavy atom. The maximum Gasteiger partial charge on any atom is 0.244 e. The maximum atomic E-state index is 13.8. The monoisotopic (exact) mass is 547 g/mol. The standard InChI is InChI=1S/C27H34FN3O6S/c1-3-23(27(33)29-21-6-4-5-7-21)30(17-19-8-10-20(28)11-9-19)26(32)18-31(38(2,34)35)22-12-13-24-25(16-22)37-15-14-36-24/h8-13,16,21,23H,3-7,14-15,17-18H2,1-2H3,(H,29,33). The van der Waals surface area contributed by atoms with Crippen molar-refractivity contribution < 1.29 is 31.9 Å². The Hall–Kier alpha value is -3.34. The van der Waals surface area contributed by atoms with Crippen LogP contribution < -0.4 is 19.1 Å². The van der Waals surface area contributed by atoms with Gasteiger partial charge in [-0.25, -0.2) is 12.8 Å². The highest BCUT2D eigenvalue weighted by atomic mass is 32.2. The van der Waals surface area contributed by atoms with Gasteiger partial charge in [-0.2, -0.15) is 0 Å². The number of carbonyl (C=O) groups is 2. The molecule has 2 amide bonds. The smallest absolute Gasteiger partial charge is 0.244 e. The first-order valence-electron chi connectivity index (χ1n) is 12.9. The van der Waals surface area contributed by atoms with Gasteiger partial charge in [-0.15, -0.1) is 0 Å². The molecule has 1 aliphatic carbocycles. The van der Waals surface area contributed by atoms with E-state index in [1.165, 1.54) is 23.1 Å². The summed E-state index contributed by atoms with van der Waals surface area (Å²) in [5.74, 6) is -0.365. The third kappa shape index (κ3) is 6.75. The van der Waals surface area contributed by atoms with E-state index in [0.717, 1.165) is 36.2 Å². The minimum atomic E-state index is -3.88. The van der Waals surface area contributed by atoms with Crippen LogP contribution in [0.1, 0.15) is 44.6 Å². The van der Waals surface area contributed by atoms with Crippen molar-refractivity contribution in [3.05, 3.63) is 53.8 Å². The van der Waals surface area contributed by atoms with Crippen molar-refractivity contribution in [3.63, 3.8) is 0 Å². The van der Waals surface area contributed by atoms with E-state index in [4.69, 9.17) is 9.47 Å². The van der Waals surface area contributed by atoms with Crippen molar-refractivity contribution in [1.82, 2.24) is 10.2 Å². The normalized spacial score (nSPS) is 16.1. The molecule has 1 heterocycles. The van der Waals surface area contributed by atoms with Gasteiger partial charge >= 0.3 is 0 Å². The van der Waals surface area contributed by atoms with Crippen LogP contribution in [0.15, 0.2) is 42.5 Å². The molecule has 4 rings (SSSR count). The summed E-state index contributed by atoms with van der Waals surface area (Å²) >= 11 is 0. The lowest BCUT2D eigenvalue weighted by atomic mass is 10.1. The van der Waals surface area contributed by atoms with Crippen molar-refractivity contribution in [1.29, 1.82) is 0 Å². The minimum Gasteiger partial charge on any atom is -0.486 e. The number of amides is 2. The Balaban J connectivity index is 1.62. The Morgan fingerprint density at radius 1 is 1.05 bits per heavy atom. The summed E-state index contributed by atoms with van der Waals surface area (Å²) < 4.78 is 51.3. The fourth-order valence-electron chi connectivity index (χ4n) is 4.87. The van der Waals surface area contributed by atoms with E-state index in [1.54, 1.807) is 31.2 Å². The second-order valence-corrected chi connectivity index (χ2v) is 11.6. The lowest BCUT2D eigenvalue weighted by Crippen LogP contribution is -2.53. The Kier molecular flexibility index (Phi) is 8.76. The number of hydrogen-bond acceptors (Lipinski definition) is 6. The third-order valence-corrected chi connectivity index (χ3v) is 7.99. The first-order valence-corrected chi connectivity index (χ1v) is 14.7. The van der Waals surface area contributed by atoms with Crippen LogP contribution in [-0.2, 0) is 26.2 Å². The zero-order valence-corrected chi connectivity index (χ0v) is 22.5. The predicted molar refractivity (Wildman–Crippen MR) is 141 cm³/mol. The van der Waals surface area contributed by atoms with E-state index in [0.29, 0.717) is 36.7 Å². The van der Waals surface area contributed by atoms with Crippen LogP contribution in [0, 0.1) is 5.82 Å². The number of anilines is 1. The highest BCUT2D eigenvalue weighted by Crippen LogP contribution is 2.34. The van der Waals surface area contributed by atoms with Gasteiger partial charge in [-0.1, -0.05) is 31.9 Å². The number of hydrogen-bond donors (Lipinski definition) is 1. The molecule has 0 spiro atoms. The molecule has 0 aromatic heterocycles. The predicted octanol–water partition coefficient (Wildman–Crippen LogP) is 3.23. The molecule has 1 saturated carbocycles. The molecule has 9 nitrogen and oxygen atoms in total. The fraction of sp³-hybridized carbons (Fsp3) is 0.481. The quantitative estimate of drug-likeness (QED) is 0.490. The van der Waals surface area contributed by atoms with Gasteiger partial charge in [0.15, 0.2) is 11.5 Å². The number of benzene rings is 2. The molecule has 1 unspecified atom stereocenters. The molecule has 1 N–H and O–H groups in total. The summed E-state index contributed by atoms with van der Waals surface area (Å²) in [6, 6.07) is 9.59. The average Bonchev–Trinajstić information content (AvgIpc) is 3.40. The van der Waals surface area contributed by atoms with Crippen LogP contribution in [0.2, 0.25) is 0 Å². The SMILES string of the molecule is CCC(C(=O)NC1CCCC1)N(Cc1ccc(F)cc1)C(=O)CN(c1ccc2c(c1)OCCO2)S(C)(=O)=O. The number of fused-ring (bicyclic) bond motifs is 1. The number of nitrogens with one attached hydrogen (secondary N) is 1. The van der Waals surface area contributed by atoms with E-state index in [-0.39, 0.29) is 24.2 Å². The second-order valence-electron chi connectivity index (χ2n) is 9.66. The van der Waals surface area contributed by atoms with Crippen LogP contribution in [0.5, 0.6) is 11.5 Å². The molecule has 1 fully saturated rings. The summed E-state index contributed by atoms with van der Waals surface area (Å²) in [6.07, 6.45) is 5.21. The van der Waals surface area contributed by atoms with Crippen molar-refractivity contribution in [2.24, 2.45) is 0 Å². The van der Waals surface area contributed by atoms with E-state index < -0.39 is 34.3 Å². The summed E-state index contributed by atoms with van der Waals surface area (Å²) in [5.41, 5.74) is 0.868. The zero-order chi connectivity index (χ0) is 27.3. The van der Waals surface area contributed by atoms with Crippen molar-refractivity contribution in [3.8, 4) is 11.5 Å². The molecular weight excluding hydrogens is 513 g/mol. The van der Waals surface area contributed by atoms with Gasteiger partial charge in [-0.3, -0.25) is 13.9 Å². The molecule has 2 aromatic carbocycles. The van der Waals surface area contributed by atoms with E-state index in [1.807, 2.05) is 0 Å². The van der Waals surface area contributed by atoms with Crippen LogP contribution in [0.25, 0.3) is 0 Å². The maximum absolute atomic E-state index is 13.8. The number of ether oxygens (including phenoxy) is 2. The van der Waals surface area contributed by atoms with Gasteiger partial charge in [0, 0.05) is 18.7 Å². The number of nitrogens with zero attached hydrogens (tertiary/aromatic N) is 2. The fourth-order valence-corrected chi connectivity index (χ4v) is 5.72. The number of rotatable bonds is 10. The highest BCUT2D eigenvalue weighted by Gasteiger charge is 2.33. The molecular formula is C27H34FN3O6S. The van der Waals surface area contributed by atoms with Crippen LogP contribution in [0.4, 0.5) is 10.1 Å². The number of halogens is 1. The van der Waals surface area contributed by atoms with Gasteiger partial charge < -0.3 is 19.7 Å². The second kappa shape index (κ2) is 12.0. The molecule has 0 bridgehead atoms. The molecule has 1 aliphatic heterocycles. The Labute approximate surface area is 222 Å². The van der Waals surface area contributed by atoms with Gasteiger partial charge in [0.1, 0.15) is 31.6 Å². The zero-order valence-electron chi connectivity index (χ0n) is 21.7. The van der Waals surface area contributed by atoms with Crippen LogP contribution in [0.3, 0.4) is 0 Å². The van der Waals surface area contributed by atoms with E-state index in [2.05, 4.69) is 5.32 Å². The third-order valence-electron chi connectivity index (χ3n) is 6.85. The van der Waals surface area contributed by atoms with Gasteiger partial charge in [0.25, 0.3) is 0 Å². The highest BCUT2D eigenvalue weighted by molar-refractivity contribution is 7.92. The Bertz CT molecular complexity index is 1250. The molecule has 2 aromatic rings. The number of sulfonamides is 1. The average molecular weight is 548 g/mol. The topological polar surface area (TPSA) is 105 Å². The largest absolute Gasteiger partial charge is 0.486 e. The minimum absolute atomic E-state index is 0.0223. The van der Waals surface area contributed by atoms with E-state index in [9.17, 15) is 22.4 Å². The molecule has 0 radical (unpaired) electrons. The van der Waals surface area contributed by atoms with E-state index >= 15 is 0 Å². The van der Waals surface area contributed by atoms with Gasteiger partial charge in [-0.05, 0) is 49.1 Å². The Morgan fingerprint density at radius 3 is 2.34 bits per heavy atom. The first-order chi connectivity index (χ1) is 18.2. The van der Waals surface area contributed by atoms with Gasteiger partial charge in [0.2, 0.25) is 21.8 Å². The lowest BCUT2D eigenvalue weighted by molar-refractivity contribution is -0.140. The van der Waals surface area contributed by atoms with Crippen molar-refractivity contribution in [2.45, 2.75) is 57.7 Å². The molecule has 38 heavy (non-hydrogen) atoms. The molecule has 2 aliphatic rings. The van der Waals surface area contributed by atoms with Crippen LogP contribution in [-0.4, -0.2) is 63.2 Å². The summed E-state index contributed by atoms with van der Waals surface area (Å²) in [5, 5.41) is 3.05. The van der Waals surface area contributed by atoms with Crippen LogP contribution >= 0.6 is 0 Å². The number of carbonyl (C=O) groups excluding carboxylic acids is 2. The summed E-state index contributed by atoms with van der Waals surface area (Å²) in [7, 11) is -3.88. The summed E-state index contributed by atoms with van der Waals surface area (Å²) in [4.78, 5) is 28.5. The van der Waals surface area contributed by atoms with Gasteiger partial charge in [0.05, 0.1) is 11.9 Å². The summed E-state index contributed by atoms with van der Waals surface area (Å²) in [6.45, 7) is 2.02. The van der Waals surface area contributed by atoms with Crippen molar-refractivity contribution in [2.75, 3.05) is 30.3 Å². The molecule has 0 saturated heterocycles.